The Morgan fingerprint density at radius 1 is 0.884 bits per heavy atom. The number of quaternary nitrogens is 1. The number of benzene rings is 3. The first kappa shape index (κ1) is 48.3. The van der Waals surface area contributed by atoms with Crippen LogP contribution in [0, 0.1) is 16.8 Å². The summed E-state index contributed by atoms with van der Waals surface area (Å²) in [6, 6.07) is 12.6. The van der Waals surface area contributed by atoms with Crippen LogP contribution in [0.15, 0.2) is 60.9 Å². The number of hydrogen-bond acceptors (Lipinski definition) is 13. The number of hydroxylamine groups is 2. The van der Waals surface area contributed by atoms with Crippen molar-refractivity contribution in [2.24, 2.45) is 0 Å². The van der Waals surface area contributed by atoms with Gasteiger partial charge in [0.1, 0.15) is 11.6 Å². The minimum Gasteiger partial charge on any atom is -0.627 e. The van der Waals surface area contributed by atoms with E-state index in [1.165, 1.54) is 12.1 Å². The quantitative estimate of drug-likeness (QED) is 0.0616. The van der Waals surface area contributed by atoms with Gasteiger partial charge in [0.2, 0.25) is 5.91 Å². The molecule has 0 aliphatic carbocycles. The second-order valence-corrected chi connectivity index (χ2v) is 18.9. The molecule has 4 amide bonds. The van der Waals surface area contributed by atoms with Gasteiger partial charge in [-0.3, -0.25) is 34.1 Å². The maximum Gasteiger partial charge on any atom is 0.335 e. The van der Waals surface area contributed by atoms with E-state index in [1.807, 2.05) is 23.1 Å². The highest BCUT2D eigenvalue weighted by molar-refractivity contribution is 6.25. The highest BCUT2D eigenvalue weighted by Crippen LogP contribution is 2.34. The molecular weight excluding hydrogens is 887 g/mol. The van der Waals surface area contributed by atoms with Crippen molar-refractivity contribution in [3.8, 4) is 11.1 Å². The number of rotatable bonds is 18. The van der Waals surface area contributed by atoms with Crippen molar-refractivity contribution < 1.29 is 37.8 Å². The van der Waals surface area contributed by atoms with Crippen LogP contribution in [0.25, 0.3) is 27.7 Å². The van der Waals surface area contributed by atoms with Crippen LogP contribution >= 0.6 is 0 Å². The number of piperidine rings is 2. The lowest BCUT2D eigenvalue weighted by Crippen LogP contribution is -3.13. The van der Waals surface area contributed by atoms with Gasteiger partial charge in [0, 0.05) is 80.4 Å². The van der Waals surface area contributed by atoms with Crippen LogP contribution in [-0.2, 0) is 20.9 Å². The lowest BCUT2D eigenvalue weighted by atomic mass is 10.0. The Bertz CT molecular complexity index is 2560. The highest BCUT2D eigenvalue weighted by atomic mass is 19.1. The van der Waals surface area contributed by atoms with Gasteiger partial charge < -0.3 is 30.6 Å². The predicted octanol–water partition coefficient (Wildman–Crippen LogP) is 4.66. The number of carbonyl (C=O) groups excluding carboxylic acids is 4. The van der Waals surface area contributed by atoms with Crippen LogP contribution in [-0.4, -0.2) is 137 Å². The molecule has 3 saturated heterocycles. The SMILES string of the molecule is CC1NN(C2CCN(CC(=O)NCCCCCCCCNc3cccc4c3C(=O)N(C3CCC[NH+]([O-])C3=O)C4=O)CC2)C=C1c1cnc2cccc(-c3cc(F)c(CN4CCOCC4)c(F)c3)c2n1. The number of unbranched alkanes of at least 4 members (excludes halogenated alkanes) is 5. The van der Waals surface area contributed by atoms with E-state index in [-0.39, 0.29) is 47.8 Å². The molecule has 5 aliphatic heterocycles. The number of anilines is 1. The summed E-state index contributed by atoms with van der Waals surface area (Å²) < 4.78 is 36.3. The van der Waals surface area contributed by atoms with Gasteiger partial charge in [0.05, 0.1) is 66.4 Å². The van der Waals surface area contributed by atoms with Gasteiger partial charge in [-0.25, -0.2) is 24.0 Å². The second-order valence-electron chi connectivity index (χ2n) is 18.9. The molecule has 0 bridgehead atoms. The van der Waals surface area contributed by atoms with Gasteiger partial charge in [-0.1, -0.05) is 43.9 Å². The van der Waals surface area contributed by atoms with E-state index in [2.05, 4.69) is 39.1 Å². The molecule has 5 aliphatic rings. The number of carbonyl (C=O) groups is 4. The number of aromatic nitrogens is 2. The average Bonchev–Trinajstić information content (AvgIpc) is 3.87. The monoisotopic (exact) mass is 948 g/mol. The zero-order chi connectivity index (χ0) is 48.0. The van der Waals surface area contributed by atoms with E-state index in [1.54, 1.807) is 24.4 Å². The summed E-state index contributed by atoms with van der Waals surface area (Å²) in [5, 5.41) is 20.1. The van der Waals surface area contributed by atoms with Crippen LogP contribution in [0.4, 0.5) is 14.5 Å². The Morgan fingerprint density at radius 3 is 2.36 bits per heavy atom. The third-order valence-electron chi connectivity index (χ3n) is 14.2. The van der Waals surface area contributed by atoms with E-state index in [9.17, 15) is 24.4 Å². The molecule has 0 spiro atoms. The van der Waals surface area contributed by atoms with E-state index < -0.39 is 40.5 Å². The van der Waals surface area contributed by atoms with Gasteiger partial charge in [-0.05, 0) is 81.3 Å². The van der Waals surface area contributed by atoms with Crippen LogP contribution < -0.4 is 21.1 Å². The molecule has 18 heteroatoms. The third kappa shape index (κ3) is 10.9. The number of imide groups is 1. The lowest BCUT2D eigenvalue weighted by Gasteiger charge is -2.36. The summed E-state index contributed by atoms with van der Waals surface area (Å²) in [4.78, 5) is 66.8. The van der Waals surface area contributed by atoms with E-state index in [0.29, 0.717) is 92.3 Å². The van der Waals surface area contributed by atoms with Gasteiger partial charge >= 0.3 is 5.91 Å². The Balaban J connectivity index is 0.675. The maximum absolute atomic E-state index is 15.5. The first-order valence-electron chi connectivity index (χ1n) is 24.7. The van der Waals surface area contributed by atoms with Crippen molar-refractivity contribution in [2.75, 3.05) is 70.9 Å². The lowest BCUT2D eigenvalue weighted by molar-refractivity contribution is -0.770. The van der Waals surface area contributed by atoms with E-state index in [0.717, 1.165) is 74.9 Å². The predicted molar refractivity (Wildman–Crippen MR) is 256 cm³/mol. The normalized spacial score (nSPS) is 21.6. The average molecular weight is 949 g/mol. The molecule has 3 unspecified atom stereocenters. The molecule has 1 aromatic heterocycles. The summed E-state index contributed by atoms with van der Waals surface area (Å²) in [6.45, 7) is 8.01. The molecule has 4 N–H and O–H groups in total. The molecule has 4 aromatic rings. The standard InChI is InChI=1S/C51H62F2N10O6/c1-33-38(44-29-56-43-14-8-11-36(48(43)57-44)34-27-40(52)39(41(53)28-34)30-60-23-25-69-26-24-60)31-61(58-33)35-16-21-59(22-17-35)32-46(64)55-19-7-5-3-2-4-6-18-54-42-13-9-12-37-47(42)51(67)63(49(37)65)45-15-10-20-62(68)50(45)66/h8-9,11-14,27-29,31,33,35,45,54,58,62H,2-7,10,15-26,30,32H2,1H3,(H,55,64). The largest absolute Gasteiger partial charge is 0.627 e. The van der Waals surface area contributed by atoms with Gasteiger partial charge in [0.25, 0.3) is 11.8 Å². The van der Waals surface area contributed by atoms with Crippen molar-refractivity contribution in [1.29, 1.82) is 0 Å². The molecule has 6 heterocycles. The molecule has 366 valence electrons. The number of hydrogen-bond donors (Lipinski definition) is 4. The van der Waals surface area contributed by atoms with Gasteiger partial charge in [-0.2, -0.15) is 0 Å². The number of para-hydroxylation sites is 1. The number of nitrogens with one attached hydrogen (secondary N) is 4. The molecule has 0 saturated carbocycles. The summed E-state index contributed by atoms with van der Waals surface area (Å²) >= 11 is 0. The van der Waals surface area contributed by atoms with E-state index in [4.69, 9.17) is 14.7 Å². The topological polar surface area (TPSA) is 180 Å². The number of likely N-dealkylation sites (tertiary alicyclic amines) is 1. The molecule has 69 heavy (non-hydrogen) atoms. The van der Waals surface area contributed by atoms with Crippen LogP contribution in [0.5, 0.6) is 0 Å². The Morgan fingerprint density at radius 2 is 1.59 bits per heavy atom. The Labute approximate surface area is 401 Å². The smallest absolute Gasteiger partial charge is 0.335 e. The van der Waals surface area contributed by atoms with Crippen molar-refractivity contribution in [2.45, 2.75) is 95.8 Å². The van der Waals surface area contributed by atoms with E-state index >= 15 is 8.78 Å². The Kier molecular flexibility index (Phi) is 15.3. The second kappa shape index (κ2) is 21.9. The molecular formula is C51H62F2N10O6. The van der Waals surface area contributed by atoms with Gasteiger partial charge in [0.15, 0.2) is 6.04 Å². The first-order chi connectivity index (χ1) is 33.5. The first-order valence-corrected chi connectivity index (χ1v) is 24.7. The number of amides is 4. The maximum atomic E-state index is 15.5. The summed E-state index contributed by atoms with van der Waals surface area (Å²) in [5.74, 6) is -2.83. The van der Waals surface area contributed by atoms with Crippen LogP contribution in [0.2, 0.25) is 0 Å². The molecule has 3 aromatic carbocycles. The molecule has 9 rings (SSSR count). The fourth-order valence-electron chi connectivity index (χ4n) is 10.3. The zero-order valence-corrected chi connectivity index (χ0v) is 39.2. The zero-order valence-electron chi connectivity index (χ0n) is 39.2. The summed E-state index contributed by atoms with van der Waals surface area (Å²) in [7, 11) is 0. The molecule has 3 atom stereocenters. The van der Waals surface area contributed by atoms with Crippen LogP contribution in [0.3, 0.4) is 0 Å². The van der Waals surface area contributed by atoms with Gasteiger partial charge in [-0.15, -0.1) is 0 Å². The highest BCUT2D eigenvalue weighted by Gasteiger charge is 2.47. The van der Waals surface area contributed by atoms with Crippen molar-refractivity contribution in [3.05, 3.63) is 100 Å². The molecule has 16 nitrogen and oxygen atoms in total. The third-order valence-corrected chi connectivity index (χ3v) is 14.2. The fraction of sp³-hybridized carbons (Fsp3) is 0.490. The summed E-state index contributed by atoms with van der Waals surface area (Å²) in [5.41, 5.74) is 8.65. The number of ether oxygens (including phenoxy) is 1. The van der Waals surface area contributed by atoms with Crippen molar-refractivity contribution in [1.82, 2.24) is 40.4 Å². The Hall–Kier alpha value is -5.76. The number of hydrazine groups is 1. The number of nitrogens with zero attached hydrogens (tertiary/aromatic N) is 6. The van der Waals surface area contributed by atoms with Crippen molar-refractivity contribution >= 4 is 45.9 Å². The molecule has 3 fully saturated rings. The minimum atomic E-state index is -1.02. The van der Waals surface area contributed by atoms with Crippen molar-refractivity contribution in [3.63, 3.8) is 0 Å². The summed E-state index contributed by atoms with van der Waals surface area (Å²) in [6.07, 6.45) is 12.3. The number of fused-ring (bicyclic) bond motifs is 2. The number of halogens is 2. The minimum absolute atomic E-state index is 0.0350. The van der Waals surface area contributed by atoms with Crippen LogP contribution in [0.1, 0.15) is 103 Å². The molecule has 0 radical (unpaired) electrons. The fourth-order valence-corrected chi connectivity index (χ4v) is 10.3. The number of morpholine rings is 1.